The quantitative estimate of drug-likeness (QED) is 0.855. The highest BCUT2D eigenvalue weighted by Crippen LogP contribution is 2.33. The maximum Gasteiger partial charge on any atom is 0.134 e. The predicted molar refractivity (Wildman–Crippen MR) is 64.0 cm³/mol. The first-order valence-electron chi connectivity index (χ1n) is 4.14. The summed E-state index contributed by atoms with van der Waals surface area (Å²) in [7, 11) is 1.84. The molecule has 2 rings (SSSR count). The number of rotatable bonds is 1. The van der Waals surface area contributed by atoms with Crippen LogP contribution in [-0.2, 0) is 0 Å². The van der Waals surface area contributed by atoms with E-state index >= 15 is 0 Å². The Hall–Kier alpha value is -0.800. The minimum atomic E-state index is 0.738. The van der Waals surface area contributed by atoms with E-state index in [4.69, 9.17) is 11.6 Å². The number of anilines is 1. The molecule has 0 aliphatic carbocycles. The van der Waals surface area contributed by atoms with Crippen LogP contribution in [0, 0.1) is 0 Å². The molecule has 0 radical (unpaired) electrons. The lowest BCUT2D eigenvalue weighted by atomic mass is 10.1. The number of nitrogens with one attached hydrogen (secondary N) is 1. The molecular weight excluding hydrogens is 263 g/mol. The molecular formula is C10H8BrClN2. The Morgan fingerprint density at radius 1 is 1.36 bits per heavy atom. The smallest absolute Gasteiger partial charge is 0.134 e. The van der Waals surface area contributed by atoms with Crippen LogP contribution < -0.4 is 5.32 Å². The fraction of sp³-hybridized carbons (Fsp3) is 0.100. The minimum Gasteiger partial charge on any atom is -0.373 e. The Kier molecular flexibility index (Phi) is 2.61. The van der Waals surface area contributed by atoms with E-state index in [9.17, 15) is 0 Å². The van der Waals surface area contributed by atoms with Crippen LogP contribution in [0.3, 0.4) is 0 Å². The Labute approximate surface area is 95.4 Å². The standard InChI is InChI=1S/C10H8BrClN2/c1-13-10-9-6(4-5-14-10)8(12)3-2-7(9)11/h2-5H,1H3,(H,13,14). The van der Waals surface area contributed by atoms with Crippen LogP contribution in [0.1, 0.15) is 0 Å². The van der Waals surface area contributed by atoms with Crippen molar-refractivity contribution in [1.82, 2.24) is 4.98 Å². The van der Waals surface area contributed by atoms with Crippen molar-refractivity contribution in [1.29, 1.82) is 0 Å². The van der Waals surface area contributed by atoms with Crippen molar-refractivity contribution in [3.63, 3.8) is 0 Å². The number of aromatic nitrogens is 1. The molecule has 14 heavy (non-hydrogen) atoms. The van der Waals surface area contributed by atoms with Gasteiger partial charge < -0.3 is 5.32 Å². The third-order valence-corrected chi connectivity index (χ3v) is 3.05. The van der Waals surface area contributed by atoms with E-state index in [2.05, 4.69) is 26.2 Å². The molecule has 2 nitrogen and oxygen atoms in total. The highest BCUT2D eigenvalue weighted by molar-refractivity contribution is 9.10. The van der Waals surface area contributed by atoms with Gasteiger partial charge >= 0.3 is 0 Å². The molecule has 0 spiro atoms. The van der Waals surface area contributed by atoms with Gasteiger partial charge in [-0.3, -0.25) is 0 Å². The summed E-state index contributed by atoms with van der Waals surface area (Å²) < 4.78 is 0.995. The van der Waals surface area contributed by atoms with E-state index in [-0.39, 0.29) is 0 Å². The van der Waals surface area contributed by atoms with Gasteiger partial charge in [-0.1, -0.05) is 27.5 Å². The zero-order valence-electron chi connectivity index (χ0n) is 7.51. The summed E-state index contributed by atoms with van der Waals surface area (Å²) in [4.78, 5) is 4.23. The highest BCUT2D eigenvalue weighted by Gasteiger charge is 2.07. The van der Waals surface area contributed by atoms with Crippen LogP contribution in [0.5, 0.6) is 0 Å². The fourth-order valence-electron chi connectivity index (χ4n) is 1.41. The van der Waals surface area contributed by atoms with E-state index in [1.54, 1.807) is 6.20 Å². The second kappa shape index (κ2) is 3.75. The second-order valence-electron chi connectivity index (χ2n) is 2.86. The summed E-state index contributed by atoms with van der Waals surface area (Å²) in [5, 5.41) is 5.79. The minimum absolute atomic E-state index is 0.738. The van der Waals surface area contributed by atoms with Crippen molar-refractivity contribution in [2.24, 2.45) is 0 Å². The number of hydrogen-bond acceptors (Lipinski definition) is 2. The van der Waals surface area contributed by atoms with Gasteiger partial charge in [-0.05, 0) is 18.2 Å². The number of fused-ring (bicyclic) bond motifs is 1. The molecule has 0 saturated heterocycles. The van der Waals surface area contributed by atoms with Crippen LogP contribution in [0.4, 0.5) is 5.82 Å². The lowest BCUT2D eigenvalue weighted by Gasteiger charge is -2.07. The molecule has 2 aromatic rings. The average Bonchev–Trinajstić information content (AvgIpc) is 2.23. The Morgan fingerprint density at radius 2 is 2.14 bits per heavy atom. The number of halogens is 2. The molecule has 72 valence electrons. The van der Waals surface area contributed by atoms with Gasteiger partial charge in [0, 0.05) is 33.5 Å². The van der Waals surface area contributed by atoms with Gasteiger partial charge in [0.15, 0.2) is 0 Å². The number of benzene rings is 1. The normalized spacial score (nSPS) is 10.5. The molecule has 0 saturated carbocycles. The summed E-state index contributed by atoms with van der Waals surface area (Å²) in [5.41, 5.74) is 0. The molecule has 0 bridgehead atoms. The lowest BCUT2D eigenvalue weighted by molar-refractivity contribution is 1.31. The van der Waals surface area contributed by atoms with Gasteiger partial charge in [0.05, 0.1) is 0 Å². The van der Waals surface area contributed by atoms with Gasteiger partial charge in [-0.25, -0.2) is 4.98 Å². The maximum absolute atomic E-state index is 6.08. The fourth-order valence-corrected chi connectivity index (χ4v) is 2.17. The van der Waals surface area contributed by atoms with E-state index in [0.29, 0.717) is 0 Å². The van der Waals surface area contributed by atoms with Crippen LogP contribution in [0.15, 0.2) is 28.9 Å². The second-order valence-corrected chi connectivity index (χ2v) is 4.12. The van der Waals surface area contributed by atoms with Gasteiger partial charge in [0.2, 0.25) is 0 Å². The molecule has 1 N–H and O–H groups in total. The van der Waals surface area contributed by atoms with Crippen molar-refractivity contribution < 1.29 is 0 Å². The molecule has 1 aromatic heterocycles. The van der Waals surface area contributed by atoms with Crippen molar-refractivity contribution in [3.05, 3.63) is 33.9 Å². The molecule has 1 aromatic carbocycles. The van der Waals surface area contributed by atoms with E-state index < -0.39 is 0 Å². The third kappa shape index (κ3) is 1.47. The zero-order chi connectivity index (χ0) is 10.1. The van der Waals surface area contributed by atoms with Crippen LogP contribution in [-0.4, -0.2) is 12.0 Å². The topological polar surface area (TPSA) is 24.9 Å². The number of hydrogen-bond donors (Lipinski definition) is 1. The Bertz CT molecular complexity index is 485. The summed E-state index contributed by atoms with van der Waals surface area (Å²) in [5.74, 6) is 0.830. The van der Waals surface area contributed by atoms with Gasteiger partial charge in [0.25, 0.3) is 0 Å². The molecule has 0 aliphatic rings. The number of nitrogens with zero attached hydrogens (tertiary/aromatic N) is 1. The number of pyridine rings is 1. The van der Waals surface area contributed by atoms with E-state index in [1.165, 1.54) is 0 Å². The zero-order valence-corrected chi connectivity index (χ0v) is 9.85. The van der Waals surface area contributed by atoms with Crippen LogP contribution in [0.25, 0.3) is 10.8 Å². The highest BCUT2D eigenvalue weighted by atomic mass is 79.9. The summed E-state index contributed by atoms with van der Waals surface area (Å²) >= 11 is 9.57. The average molecular weight is 272 g/mol. The lowest BCUT2D eigenvalue weighted by Crippen LogP contribution is -1.93. The third-order valence-electron chi connectivity index (χ3n) is 2.06. The van der Waals surface area contributed by atoms with Crippen molar-refractivity contribution in [2.75, 3.05) is 12.4 Å². The molecule has 0 unspecified atom stereocenters. The molecule has 1 heterocycles. The van der Waals surface area contributed by atoms with Crippen molar-refractivity contribution in [2.45, 2.75) is 0 Å². The molecule has 0 atom stereocenters. The summed E-state index contributed by atoms with van der Waals surface area (Å²) in [6.07, 6.45) is 1.74. The van der Waals surface area contributed by atoms with E-state index in [0.717, 1.165) is 26.1 Å². The van der Waals surface area contributed by atoms with E-state index in [1.807, 2.05) is 25.2 Å². The maximum atomic E-state index is 6.08. The van der Waals surface area contributed by atoms with Gasteiger partial charge in [-0.15, -0.1) is 0 Å². The van der Waals surface area contributed by atoms with Gasteiger partial charge in [0.1, 0.15) is 5.82 Å². The largest absolute Gasteiger partial charge is 0.373 e. The Balaban J connectivity index is 2.92. The molecule has 0 fully saturated rings. The van der Waals surface area contributed by atoms with Crippen LogP contribution >= 0.6 is 27.5 Å². The first kappa shape index (κ1) is 9.74. The summed E-state index contributed by atoms with van der Waals surface area (Å²) in [6.45, 7) is 0. The Morgan fingerprint density at radius 3 is 2.86 bits per heavy atom. The molecule has 0 amide bonds. The monoisotopic (exact) mass is 270 g/mol. The first-order valence-corrected chi connectivity index (χ1v) is 5.31. The van der Waals surface area contributed by atoms with Crippen LogP contribution in [0.2, 0.25) is 5.02 Å². The predicted octanol–water partition coefficient (Wildman–Crippen LogP) is 3.69. The molecule has 4 heteroatoms. The van der Waals surface area contributed by atoms with Crippen molar-refractivity contribution in [3.8, 4) is 0 Å². The molecule has 0 aliphatic heterocycles. The van der Waals surface area contributed by atoms with Gasteiger partial charge in [-0.2, -0.15) is 0 Å². The first-order chi connectivity index (χ1) is 6.74. The SMILES string of the molecule is CNc1nccc2c(Cl)ccc(Br)c12. The summed E-state index contributed by atoms with van der Waals surface area (Å²) in [6, 6.07) is 5.70. The van der Waals surface area contributed by atoms with Crippen molar-refractivity contribution >= 4 is 44.1 Å².